The highest BCUT2D eigenvalue weighted by Gasteiger charge is 2.18. The summed E-state index contributed by atoms with van der Waals surface area (Å²) >= 11 is 0. The van der Waals surface area contributed by atoms with Gasteiger partial charge < -0.3 is 4.42 Å². The molecule has 0 saturated heterocycles. The van der Waals surface area contributed by atoms with Gasteiger partial charge in [-0.05, 0) is 18.1 Å². The van der Waals surface area contributed by atoms with Crippen LogP contribution in [-0.4, -0.2) is 10.8 Å². The summed E-state index contributed by atoms with van der Waals surface area (Å²) in [6.45, 7) is 0. The van der Waals surface area contributed by atoms with Crippen molar-refractivity contribution in [2.45, 2.75) is 51.4 Å². The van der Waals surface area contributed by atoms with Crippen LogP contribution in [-0.2, 0) is 11.2 Å². The van der Waals surface area contributed by atoms with E-state index in [-0.39, 0.29) is 5.78 Å². The maximum Gasteiger partial charge on any atom is 0.202 e. The molecule has 106 valence electrons. The maximum absolute atomic E-state index is 12.2. The van der Waals surface area contributed by atoms with Gasteiger partial charge in [-0.2, -0.15) is 0 Å². The zero-order chi connectivity index (χ0) is 13.8. The third-order valence-electron chi connectivity index (χ3n) is 4.18. The first-order valence-corrected chi connectivity index (χ1v) is 7.67. The molecule has 1 saturated carbocycles. The Hall–Kier alpha value is -1.64. The second-order valence-corrected chi connectivity index (χ2v) is 5.85. The van der Waals surface area contributed by atoms with Crippen LogP contribution in [0.1, 0.15) is 50.8 Å². The molecule has 1 aromatic heterocycles. The summed E-state index contributed by atoms with van der Waals surface area (Å²) in [5.41, 5.74) is 1.61. The third-order valence-corrected chi connectivity index (χ3v) is 4.18. The van der Waals surface area contributed by atoms with Gasteiger partial charge >= 0.3 is 0 Å². The molecule has 3 nitrogen and oxygen atoms in total. The minimum absolute atomic E-state index is 0.267. The molecule has 0 radical (unpaired) electrons. The predicted molar refractivity (Wildman–Crippen MR) is 78.5 cm³/mol. The topological polar surface area (TPSA) is 43.1 Å². The Morgan fingerprint density at radius 3 is 2.65 bits per heavy atom. The summed E-state index contributed by atoms with van der Waals surface area (Å²) in [6, 6.07) is 7.66. The number of benzene rings is 1. The molecule has 2 aromatic rings. The average Bonchev–Trinajstić information content (AvgIpc) is 2.66. The van der Waals surface area contributed by atoms with E-state index in [1.807, 2.05) is 24.3 Å². The van der Waals surface area contributed by atoms with Crippen molar-refractivity contribution in [3.05, 3.63) is 30.2 Å². The molecule has 0 spiro atoms. The summed E-state index contributed by atoms with van der Waals surface area (Å²) in [5.74, 6) is 1.41. The Morgan fingerprint density at radius 2 is 1.90 bits per heavy atom. The molecule has 0 aliphatic heterocycles. The highest BCUT2D eigenvalue weighted by molar-refractivity contribution is 5.81. The first kappa shape index (κ1) is 13.3. The van der Waals surface area contributed by atoms with E-state index in [0.717, 1.165) is 11.1 Å². The van der Waals surface area contributed by atoms with Crippen LogP contribution in [0.5, 0.6) is 0 Å². The first-order valence-electron chi connectivity index (χ1n) is 7.67. The number of carbonyl (C=O) groups is 1. The number of para-hydroxylation sites is 2. The van der Waals surface area contributed by atoms with Gasteiger partial charge in [-0.15, -0.1) is 0 Å². The molecule has 1 aromatic carbocycles. The summed E-state index contributed by atoms with van der Waals surface area (Å²) in [7, 11) is 0. The lowest BCUT2D eigenvalue weighted by Crippen LogP contribution is -2.10. The fourth-order valence-corrected chi connectivity index (χ4v) is 3.13. The van der Waals surface area contributed by atoms with Gasteiger partial charge in [0.25, 0.3) is 0 Å². The minimum Gasteiger partial charge on any atom is -0.440 e. The molecule has 0 atom stereocenters. The van der Waals surface area contributed by atoms with Crippen LogP contribution in [0.25, 0.3) is 11.1 Å². The molecular formula is C17H21NO2. The van der Waals surface area contributed by atoms with Gasteiger partial charge in [0, 0.05) is 6.42 Å². The van der Waals surface area contributed by atoms with Crippen molar-refractivity contribution in [1.29, 1.82) is 0 Å². The lowest BCUT2D eigenvalue weighted by atomic mass is 9.93. The van der Waals surface area contributed by atoms with Crippen molar-refractivity contribution in [2.75, 3.05) is 0 Å². The van der Waals surface area contributed by atoms with Crippen LogP contribution in [0.3, 0.4) is 0 Å². The molecule has 1 aliphatic carbocycles. The van der Waals surface area contributed by atoms with Crippen LogP contribution in [0.4, 0.5) is 0 Å². The number of hydrogen-bond donors (Lipinski definition) is 0. The van der Waals surface area contributed by atoms with E-state index in [1.54, 1.807) is 0 Å². The highest BCUT2D eigenvalue weighted by Crippen LogP contribution is 2.26. The standard InChI is InChI=1S/C17H21NO2/c19-14(11-13-7-3-1-2-4-8-13)12-17-18-15-9-5-6-10-16(15)20-17/h5-6,9-10,13H,1-4,7-8,11-12H2. The van der Waals surface area contributed by atoms with Gasteiger partial charge in [0.05, 0.1) is 6.42 Å². The van der Waals surface area contributed by atoms with Gasteiger partial charge in [0.1, 0.15) is 11.3 Å². The number of hydrogen-bond acceptors (Lipinski definition) is 3. The SMILES string of the molecule is O=C(Cc1nc2ccccc2o1)CC1CCCCCC1. The van der Waals surface area contributed by atoms with Crippen LogP contribution in [0.15, 0.2) is 28.7 Å². The first-order chi connectivity index (χ1) is 9.81. The van der Waals surface area contributed by atoms with Crippen molar-refractivity contribution in [2.24, 2.45) is 5.92 Å². The van der Waals surface area contributed by atoms with Crippen molar-refractivity contribution in [3.63, 3.8) is 0 Å². The van der Waals surface area contributed by atoms with Gasteiger partial charge in [0.2, 0.25) is 5.89 Å². The Morgan fingerprint density at radius 1 is 1.15 bits per heavy atom. The third kappa shape index (κ3) is 3.27. The molecule has 3 rings (SSSR count). The van der Waals surface area contributed by atoms with Crippen LogP contribution >= 0.6 is 0 Å². The van der Waals surface area contributed by atoms with E-state index in [1.165, 1.54) is 38.5 Å². The number of Topliss-reactive ketones (excluding diaryl/α,β-unsaturated/α-hetero) is 1. The number of aromatic nitrogens is 1. The quantitative estimate of drug-likeness (QED) is 0.779. The summed E-state index contributed by atoms with van der Waals surface area (Å²) in [6.07, 6.45) is 8.66. The van der Waals surface area contributed by atoms with E-state index < -0.39 is 0 Å². The average molecular weight is 271 g/mol. The minimum atomic E-state index is 0.267. The summed E-state index contributed by atoms with van der Waals surface area (Å²) in [5, 5.41) is 0. The van der Waals surface area contributed by atoms with Crippen molar-refractivity contribution in [3.8, 4) is 0 Å². The van der Waals surface area contributed by atoms with Crippen LogP contribution < -0.4 is 0 Å². The molecule has 0 amide bonds. The molecule has 3 heteroatoms. The molecule has 1 aliphatic rings. The molecule has 0 N–H and O–H groups in total. The predicted octanol–water partition coefficient (Wildman–Crippen LogP) is 4.30. The molecular weight excluding hydrogens is 250 g/mol. The van der Waals surface area contributed by atoms with E-state index in [2.05, 4.69) is 4.98 Å². The van der Waals surface area contributed by atoms with Gasteiger partial charge in [0.15, 0.2) is 5.58 Å². The van der Waals surface area contributed by atoms with E-state index >= 15 is 0 Å². The van der Waals surface area contributed by atoms with Crippen molar-refractivity contribution >= 4 is 16.9 Å². The smallest absolute Gasteiger partial charge is 0.202 e. The number of rotatable bonds is 4. The second-order valence-electron chi connectivity index (χ2n) is 5.85. The number of ketones is 1. The molecule has 20 heavy (non-hydrogen) atoms. The van der Waals surface area contributed by atoms with Crippen molar-refractivity contribution in [1.82, 2.24) is 4.98 Å². The number of carbonyl (C=O) groups excluding carboxylic acids is 1. The Kier molecular flexibility index (Phi) is 4.14. The Bertz CT molecular complexity index is 546. The van der Waals surface area contributed by atoms with E-state index in [0.29, 0.717) is 24.7 Å². The van der Waals surface area contributed by atoms with Crippen molar-refractivity contribution < 1.29 is 9.21 Å². The van der Waals surface area contributed by atoms with Crippen LogP contribution in [0, 0.1) is 5.92 Å². The van der Waals surface area contributed by atoms with E-state index in [4.69, 9.17) is 4.42 Å². The van der Waals surface area contributed by atoms with Gasteiger partial charge in [-0.3, -0.25) is 4.79 Å². The largest absolute Gasteiger partial charge is 0.440 e. The Balaban J connectivity index is 1.60. The van der Waals surface area contributed by atoms with Crippen LogP contribution in [0.2, 0.25) is 0 Å². The van der Waals surface area contributed by atoms with Gasteiger partial charge in [-0.1, -0.05) is 50.7 Å². The van der Waals surface area contributed by atoms with Gasteiger partial charge in [-0.25, -0.2) is 4.98 Å². The summed E-state index contributed by atoms with van der Waals surface area (Å²) < 4.78 is 5.62. The summed E-state index contributed by atoms with van der Waals surface area (Å²) in [4.78, 5) is 16.5. The zero-order valence-electron chi connectivity index (χ0n) is 11.8. The molecule has 1 fully saturated rings. The fourth-order valence-electron chi connectivity index (χ4n) is 3.13. The monoisotopic (exact) mass is 271 g/mol. The Labute approximate surface area is 119 Å². The lowest BCUT2D eigenvalue weighted by Gasteiger charge is -2.11. The number of nitrogens with zero attached hydrogens (tertiary/aromatic N) is 1. The fraction of sp³-hybridized carbons (Fsp3) is 0.529. The van der Waals surface area contributed by atoms with E-state index in [9.17, 15) is 4.79 Å². The molecule has 1 heterocycles. The zero-order valence-corrected chi connectivity index (χ0v) is 11.8. The molecule has 0 bridgehead atoms. The molecule has 0 unspecified atom stereocenters. The maximum atomic E-state index is 12.2. The lowest BCUT2D eigenvalue weighted by molar-refractivity contribution is -0.119. The normalized spacial score (nSPS) is 17.2. The number of oxazole rings is 1. The second kappa shape index (κ2) is 6.21. The number of fused-ring (bicyclic) bond motifs is 1. The highest BCUT2D eigenvalue weighted by atomic mass is 16.3.